The minimum Gasteiger partial charge on any atom is -0.394 e. The van der Waals surface area contributed by atoms with Crippen molar-refractivity contribution in [1.82, 2.24) is 21.3 Å². The number of rotatable bonds is 25. The van der Waals surface area contributed by atoms with Crippen molar-refractivity contribution in [3.8, 4) is 0 Å². The van der Waals surface area contributed by atoms with Crippen molar-refractivity contribution in [3.05, 3.63) is 0 Å². The molecule has 8 aliphatic rings. The summed E-state index contributed by atoms with van der Waals surface area (Å²) in [6, 6.07) is -7.10. The molecule has 8 fully saturated rings. The van der Waals surface area contributed by atoms with Crippen molar-refractivity contribution in [2.45, 2.75) is 280 Å². The van der Waals surface area contributed by atoms with Crippen LogP contribution in [-0.2, 0) is 90.2 Å². The van der Waals surface area contributed by atoms with Crippen LogP contribution in [0.2, 0.25) is 0 Å². The van der Waals surface area contributed by atoms with Crippen LogP contribution in [-0.4, -0.2) is 423 Å². The molecule has 578 valence electrons. The summed E-state index contributed by atoms with van der Waals surface area (Å²) in [5, 5.41) is 242. The van der Waals surface area contributed by atoms with Gasteiger partial charge in [-0.25, -0.2) is 0 Å². The summed E-state index contributed by atoms with van der Waals surface area (Å²) < 4.78 is 88.8. The third-order valence-corrected chi connectivity index (χ3v) is 18.2. The summed E-state index contributed by atoms with van der Waals surface area (Å²) in [6.45, 7) is -1.92. The number of carbonyl (C=O) groups is 4. The molecule has 0 spiro atoms. The Morgan fingerprint density at radius 2 is 0.620 bits per heavy atom. The van der Waals surface area contributed by atoms with Crippen molar-refractivity contribution < 1.29 is 197 Å². The normalized spacial score (nSPS) is 48.7. The van der Waals surface area contributed by atoms with Crippen molar-refractivity contribution >= 4 is 23.6 Å². The lowest BCUT2D eigenvalue weighted by molar-refractivity contribution is -0.396. The van der Waals surface area contributed by atoms with Crippen LogP contribution in [0.5, 0.6) is 0 Å². The zero-order chi connectivity index (χ0) is 73.8. The number of aliphatic hydroxyl groups is 21. The van der Waals surface area contributed by atoms with Gasteiger partial charge in [-0.2, -0.15) is 0 Å². The first-order chi connectivity index (χ1) is 47.2. The zero-order valence-electron chi connectivity index (χ0n) is 54.2. The second kappa shape index (κ2) is 35.7. The molecule has 0 saturated carbocycles. The average Bonchev–Trinajstić information content (AvgIpc) is 0.773. The molecule has 8 saturated heterocycles. The number of nitrogens with one attached hydrogen (secondary N) is 4. The predicted octanol–water partition coefficient (Wildman–Crippen LogP) is -16.8. The summed E-state index contributed by atoms with van der Waals surface area (Å²) in [7, 11) is 0. The highest BCUT2D eigenvalue weighted by Crippen LogP contribution is 2.38. The molecule has 25 N–H and O–H groups in total. The van der Waals surface area contributed by atoms with E-state index < -0.39 is 315 Å². The van der Waals surface area contributed by atoms with Crippen LogP contribution in [0.25, 0.3) is 0 Å². The van der Waals surface area contributed by atoms with E-state index >= 15 is 0 Å². The van der Waals surface area contributed by atoms with Crippen LogP contribution >= 0.6 is 0 Å². The standard InChI is InChI=1S/C56H94N4O40/c1-13-29(70)39(80)42(83)53(88-13)86-12-24-45(37(78)25(49(85)89-24)57-14(2)66)96-52-28(60-17(5)69)38(79)44(22(10-65)94-52)97-54-43(84)46(98-56-48(41(82)33(74)21(9-64)93-56)100-51-27(59-16(4)68)36(77)31(72)19(7-62)91-51)34(75)23(95-54)11-87-55-47(40(81)32(73)20(8-63)92-55)99-50-26(58-15(3)67)35(76)30(71)18(6-61)90-50/h13,18-56,61-65,70-85H,6-12H2,1-5H3,(H,57,66)(H,58,67)(H,59,68)(H,60,69)/t13-,18+,19+,20+,21+,22+,23+,24+,25+,26+,27+,28+,29+,30+,31+,32+,33+,34+,35+,36+,37+,38+,39+,40-,41-,42-,43-,44+,45+,46-,47-,48-,49?,50?,51?,52?,53?,54?,55?,56?/m0/s1. The molecule has 0 aromatic rings. The van der Waals surface area contributed by atoms with Gasteiger partial charge in [0, 0.05) is 27.7 Å². The molecule has 0 aliphatic carbocycles. The van der Waals surface area contributed by atoms with E-state index in [9.17, 15) is 126 Å². The molecule has 0 radical (unpaired) electrons. The van der Waals surface area contributed by atoms with E-state index in [4.69, 9.17) is 71.1 Å². The first-order valence-corrected chi connectivity index (χ1v) is 32.0. The number of hydrogen-bond acceptors (Lipinski definition) is 40. The molecule has 8 heterocycles. The lowest BCUT2D eigenvalue weighted by atomic mass is 9.93. The highest BCUT2D eigenvalue weighted by Gasteiger charge is 2.60. The van der Waals surface area contributed by atoms with Crippen LogP contribution in [0.15, 0.2) is 0 Å². The van der Waals surface area contributed by atoms with Gasteiger partial charge in [-0.3, -0.25) is 19.2 Å². The third kappa shape index (κ3) is 18.3. The van der Waals surface area contributed by atoms with E-state index in [1.165, 1.54) is 6.92 Å². The molecule has 0 bridgehead atoms. The third-order valence-electron chi connectivity index (χ3n) is 18.2. The quantitative estimate of drug-likeness (QED) is 0.0404. The fourth-order valence-corrected chi connectivity index (χ4v) is 12.8. The summed E-state index contributed by atoms with van der Waals surface area (Å²) in [6.07, 6.45) is -71.6. The van der Waals surface area contributed by atoms with Gasteiger partial charge in [0.05, 0.1) is 52.4 Å². The Morgan fingerprint density at radius 3 is 1.09 bits per heavy atom. The van der Waals surface area contributed by atoms with Crippen molar-refractivity contribution in [2.24, 2.45) is 0 Å². The predicted molar refractivity (Wildman–Crippen MR) is 309 cm³/mol. The van der Waals surface area contributed by atoms with Gasteiger partial charge in [-0.15, -0.1) is 0 Å². The van der Waals surface area contributed by atoms with E-state index in [2.05, 4.69) is 21.3 Å². The van der Waals surface area contributed by atoms with Gasteiger partial charge in [-0.05, 0) is 6.92 Å². The zero-order valence-corrected chi connectivity index (χ0v) is 54.2. The minimum atomic E-state index is -2.50. The maximum absolute atomic E-state index is 13.1. The van der Waals surface area contributed by atoms with Gasteiger partial charge in [-0.1, -0.05) is 0 Å². The molecule has 100 heavy (non-hydrogen) atoms. The second-order valence-corrected chi connectivity index (χ2v) is 25.4. The molecule has 4 amide bonds. The van der Waals surface area contributed by atoms with Gasteiger partial charge in [0.15, 0.2) is 50.3 Å². The van der Waals surface area contributed by atoms with Crippen LogP contribution in [0, 0.1) is 0 Å². The van der Waals surface area contributed by atoms with E-state index in [-0.39, 0.29) is 0 Å². The van der Waals surface area contributed by atoms with Gasteiger partial charge in [0.25, 0.3) is 0 Å². The Morgan fingerprint density at radius 1 is 0.280 bits per heavy atom. The maximum Gasteiger partial charge on any atom is 0.217 e. The van der Waals surface area contributed by atoms with E-state index in [0.29, 0.717) is 0 Å². The molecule has 8 aliphatic heterocycles. The Balaban J connectivity index is 1.14. The average molecular weight is 1460 g/mol. The Bertz CT molecular complexity index is 2620. The summed E-state index contributed by atoms with van der Waals surface area (Å²) >= 11 is 0. The molecule has 40 atom stereocenters. The van der Waals surface area contributed by atoms with Crippen LogP contribution in [0.3, 0.4) is 0 Å². The molecule has 0 aromatic carbocycles. The number of hydrogen-bond donors (Lipinski definition) is 25. The van der Waals surface area contributed by atoms with E-state index in [0.717, 1.165) is 27.7 Å². The highest BCUT2D eigenvalue weighted by molar-refractivity contribution is 5.74. The van der Waals surface area contributed by atoms with Gasteiger partial charge < -0.3 is 200 Å². The van der Waals surface area contributed by atoms with Crippen molar-refractivity contribution in [2.75, 3.05) is 46.2 Å². The number of amides is 4. The molecular formula is C56H94N4O40. The van der Waals surface area contributed by atoms with E-state index in [1.807, 2.05) is 0 Å². The van der Waals surface area contributed by atoms with Crippen molar-refractivity contribution in [1.29, 1.82) is 0 Å². The molecule has 44 heteroatoms. The van der Waals surface area contributed by atoms with Crippen LogP contribution in [0.1, 0.15) is 34.6 Å². The van der Waals surface area contributed by atoms with Gasteiger partial charge in [0.1, 0.15) is 189 Å². The Hall–Kier alpha value is -3.56. The molecule has 8 unspecified atom stereocenters. The fraction of sp³-hybridized carbons (Fsp3) is 0.929. The SMILES string of the molecule is CC(=O)N[C@H]1C(O[C@@H]2C(OC[C@H]3OC(O[C@H]4[C@H](O)[C@@H](NC(C)=O)C(O[C@H]5[C@H](O)[C@@H](NC(C)=O)C(O)O[C@@H]5COC5O[C@@H](C)[C@@H](O)[C@@H](O)[C@@H]5O)O[C@@H]4CO)[C@@H](O)[C@@H](OC4O[C@H](CO)[C@@H](O)[C@H](O)[C@@H]4OC4O[C@H](CO)[C@@H](O)[C@H](O)[C@H]4NC(C)=O)[C@@H]3O)O[C@H](CO)[C@@H](O)[C@@H]2O)O[C@H](CO)[C@@H](O)[C@@H]1O. The topological polar surface area (TPSA) is 680 Å². The first-order valence-electron chi connectivity index (χ1n) is 32.0. The Kier molecular flexibility index (Phi) is 29.3. The number of carbonyl (C=O) groups excluding carboxylic acids is 4. The van der Waals surface area contributed by atoms with Gasteiger partial charge >= 0.3 is 0 Å². The molecular weight excluding hydrogens is 1370 g/mol. The first kappa shape index (κ1) is 82.1. The molecule has 8 rings (SSSR count). The van der Waals surface area contributed by atoms with E-state index in [1.54, 1.807) is 0 Å². The molecule has 44 nitrogen and oxygen atoms in total. The number of ether oxygens (including phenoxy) is 15. The largest absolute Gasteiger partial charge is 0.394 e. The van der Waals surface area contributed by atoms with Crippen molar-refractivity contribution in [3.63, 3.8) is 0 Å². The second-order valence-electron chi connectivity index (χ2n) is 25.4. The van der Waals surface area contributed by atoms with Crippen LogP contribution in [0.4, 0.5) is 0 Å². The van der Waals surface area contributed by atoms with Gasteiger partial charge in [0.2, 0.25) is 23.6 Å². The monoisotopic (exact) mass is 1460 g/mol. The van der Waals surface area contributed by atoms with Crippen LogP contribution < -0.4 is 21.3 Å². The smallest absolute Gasteiger partial charge is 0.217 e. The summed E-state index contributed by atoms with van der Waals surface area (Å²) in [5.74, 6) is -3.42. The lowest BCUT2D eigenvalue weighted by Crippen LogP contribution is -2.71. The highest BCUT2D eigenvalue weighted by atomic mass is 16.8. The molecule has 0 aromatic heterocycles. The number of aliphatic hydroxyl groups excluding tert-OH is 21. The maximum atomic E-state index is 13.1. The fourth-order valence-electron chi connectivity index (χ4n) is 12.8. The summed E-state index contributed by atoms with van der Waals surface area (Å²) in [5.41, 5.74) is 0. The lowest BCUT2D eigenvalue weighted by Gasteiger charge is -2.51. The minimum absolute atomic E-state index is 0.809. The summed E-state index contributed by atoms with van der Waals surface area (Å²) in [4.78, 5) is 50.2. The Labute approximate surface area is 567 Å².